The molecule has 1 aliphatic rings. The highest BCUT2D eigenvalue weighted by molar-refractivity contribution is 7.09. The second kappa shape index (κ2) is 8.81. The van der Waals surface area contributed by atoms with E-state index >= 15 is 0 Å². The highest BCUT2D eigenvalue weighted by Gasteiger charge is 2.37. The summed E-state index contributed by atoms with van der Waals surface area (Å²) in [4.78, 5) is 28.5. The molecule has 0 amide bonds. The van der Waals surface area contributed by atoms with Gasteiger partial charge in [-0.25, -0.2) is 9.78 Å². The van der Waals surface area contributed by atoms with E-state index in [0.29, 0.717) is 17.5 Å². The molecule has 4 rings (SSSR count). The molecule has 1 aliphatic heterocycles. The number of benzene rings is 2. The monoisotopic (exact) mass is 421 g/mol. The summed E-state index contributed by atoms with van der Waals surface area (Å²) in [5.41, 5.74) is 2.37. The Kier molecular flexibility index (Phi) is 5.97. The lowest BCUT2D eigenvalue weighted by molar-refractivity contribution is 0.0693. The standard InChI is InChI=1S/C22H20BNO5S/c25-19(15-4-1-3-14(11-15)7-8-20-24-9-10-30-20)13-17-12-16-5-2-6-18(22(26)27)21(16)29-23(17)28/h1-6,9-11,17,28H,7-8,12-13H2,(H,26,27)/t17-/m1/s1. The van der Waals surface area contributed by atoms with Crippen LogP contribution in [-0.2, 0) is 19.3 Å². The van der Waals surface area contributed by atoms with Crippen molar-refractivity contribution in [1.82, 2.24) is 4.98 Å². The van der Waals surface area contributed by atoms with Gasteiger partial charge < -0.3 is 14.8 Å². The Hall–Kier alpha value is -2.97. The number of hydrogen-bond acceptors (Lipinski definition) is 6. The van der Waals surface area contributed by atoms with E-state index in [-0.39, 0.29) is 23.5 Å². The van der Waals surface area contributed by atoms with Crippen LogP contribution >= 0.6 is 11.3 Å². The Morgan fingerprint density at radius 3 is 2.80 bits per heavy atom. The molecule has 0 unspecified atom stereocenters. The van der Waals surface area contributed by atoms with Gasteiger partial charge in [-0.05, 0) is 36.1 Å². The van der Waals surface area contributed by atoms with E-state index in [1.165, 1.54) is 6.07 Å². The highest BCUT2D eigenvalue weighted by atomic mass is 32.1. The Morgan fingerprint density at radius 2 is 2.03 bits per heavy atom. The highest BCUT2D eigenvalue weighted by Crippen LogP contribution is 2.36. The number of carboxylic acids is 1. The zero-order valence-corrected chi connectivity index (χ0v) is 17.0. The van der Waals surface area contributed by atoms with Gasteiger partial charge in [0.05, 0.1) is 10.6 Å². The molecule has 2 N–H and O–H groups in total. The molecule has 1 atom stereocenters. The Balaban J connectivity index is 1.44. The number of ketones is 1. The Morgan fingerprint density at radius 1 is 1.20 bits per heavy atom. The first-order valence-electron chi connectivity index (χ1n) is 9.71. The minimum absolute atomic E-state index is 0.0178. The summed E-state index contributed by atoms with van der Waals surface area (Å²) in [5, 5.41) is 22.7. The smallest absolute Gasteiger partial charge is 0.526 e. The van der Waals surface area contributed by atoms with Crippen LogP contribution in [-0.4, -0.2) is 34.0 Å². The average molecular weight is 421 g/mol. The molecule has 2 aromatic carbocycles. The number of aromatic carboxylic acids is 1. The molecule has 0 bridgehead atoms. The van der Waals surface area contributed by atoms with Crippen LogP contribution in [0.5, 0.6) is 5.75 Å². The number of Topliss-reactive ketones (excluding diaryl/α,β-unsaturated/α-hetero) is 1. The number of carbonyl (C=O) groups excluding carboxylic acids is 1. The maximum atomic E-state index is 12.9. The molecule has 2 heterocycles. The van der Waals surface area contributed by atoms with Gasteiger partial charge in [0.1, 0.15) is 5.75 Å². The van der Waals surface area contributed by atoms with Crippen LogP contribution < -0.4 is 4.65 Å². The van der Waals surface area contributed by atoms with Gasteiger partial charge in [-0.15, -0.1) is 11.3 Å². The molecule has 30 heavy (non-hydrogen) atoms. The van der Waals surface area contributed by atoms with Crippen LogP contribution in [0, 0.1) is 0 Å². The van der Waals surface area contributed by atoms with Gasteiger partial charge >= 0.3 is 13.1 Å². The maximum absolute atomic E-state index is 12.9. The number of hydrogen-bond donors (Lipinski definition) is 2. The van der Waals surface area contributed by atoms with Crippen molar-refractivity contribution in [2.75, 3.05) is 0 Å². The molecule has 0 fully saturated rings. The summed E-state index contributed by atoms with van der Waals surface area (Å²) in [6.45, 7) is 0. The van der Waals surface area contributed by atoms with Gasteiger partial charge in [-0.1, -0.05) is 30.3 Å². The minimum Gasteiger partial charge on any atom is -0.535 e. The van der Waals surface area contributed by atoms with Crippen LogP contribution in [0.15, 0.2) is 54.0 Å². The first-order chi connectivity index (χ1) is 14.5. The second-order valence-electron chi connectivity index (χ2n) is 7.33. The SMILES string of the molecule is O=C(C[C@H]1Cc2cccc(C(=O)O)c2OB1O)c1cccc(CCc2nccs2)c1. The van der Waals surface area contributed by atoms with Crippen LogP contribution in [0.2, 0.25) is 5.82 Å². The van der Waals surface area contributed by atoms with Crippen LogP contribution in [0.3, 0.4) is 0 Å². The number of aryl methyl sites for hydroxylation is 2. The fourth-order valence-corrected chi connectivity index (χ4v) is 4.33. The lowest BCUT2D eigenvalue weighted by Gasteiger charge is -2.28. The number of thiazole rings is 1. The van der Waals surface area contributed by atoms with Gasteiger partial charge in [0.15, 0.2) is 5.78 Å². The largest absolute Gasteiger partial charge is 0.535 e. The molecule has 6 nitrogen and oxygen atoms in total. The number of carbonyl (C=O) groups is 2. The third kappa shape index (κ3) is 4.45. The fourth-order valence-electron chi connectivity index (χ4n) is 3.71. The average Bonchev–Trinajstić information content (AvgIpc) is 3.26. The van der Waals surface area contributed by atoms with Crippen molar-refractivity contribution < 1.29 is 24.4 Å². The summed E-state index contributed by atoms with van der Waals surface area (Å²) >= 11 is 1.62. The van der Waals surface area contributed by atoms with Crippen molar-refractivity contribution in [2.24, 2.45) is 0 Å². The molecule has 0 saturated carbocycles. The van der Waals surface area contributed by atoms with Gasteiger partial charge in [0.25, 0.3) is 0 Å². The van der Waals surface area contributed by atoms with E-state index in [1.54, 1.807) is 35.7 Å². The molecular formula is C22H20BNO5S. The molecule has 0 aliphatic carbocycles. The molecule has 0 radical (unpaired) electrons. The number of carboxylic acid groups (broad SMARTS) is 1. The predicted octanol–water partition coefficient (Wildman–Crippen LogP) is 3.69. The molecule has 1 aromatic heterocycles. The lowest BCUT2D eigenvalue weighted by atomic mass is 9.64. The Bertz CT molecular complexity index is 1070. The molecule has 0 spiro atoms. The van der Waals surface area contributed by atoms with Gasteiger partial charge in [0, 0.05) is 35.8 Å². The van der Waals surface area contributed by atoms with Crippen molar-refractivity contribution in [1.29, 1.82) is 0 Å². The number of fused-ring (bicyclic) bond motifs is 1. The topological polar surface area (TPSA) is 96.7 Å². The Labute approximate surface area is 178 Å². The lowest BCUT2D eigenvalue weighted by Crippen LogP contribution is -2.35. The normalized spacial score (nSPS) is 15.4. The van der Waals surface area contributed by atoms with Crippen molar-refractivity contribution >= 4 is 30.2 Å². The van der Waals surface area contributed by atoms with Crippen LogP contribution in [0.25, 0.3) is 0 Å². The zero-order valence-electron chi connectivity index (χ0n) is 16.2. The van der Waals surface area contributed by atoms with Crippen molar-refractivity contribution in [3.63, 3.8) is 0 Å². The zero-order chi connectivity index (χ0) is 21.1. The van der Waals surface area contributed by atoms with Crippen molar-refractivity contribution in [2.45, 2.75) is 31.5 Å². The number of nitrogens with zero attached hydrogens (tertiary/aromatic N) is 1. The third-order valence-electron chi connectivity index (χ3n) is 5.26. The quantitative estimate of drug-likeness (QED) is 0.446. The number of aromatic nitrogens is 1. The number of rotatable bonds is 7. The first kappa shape index (κ1) is 20.3. The van der Waals surface area contributed by atoms with E-state index in [1.807, 2.05) is 23.6 Å². The minimum atomic E-state index is -1.23. The van der Waals surface area contributed by atoms with E-state index in [4.69, 9.17) is 4.65 Å². The molecule has 8 heteroatoms. The van der Waals surface area contributed by atoms with Gasteiger partial charge in [-0.3, -0.25) is 4.79 Å². The van der Waals surface area contributed by atoms with E-state index in [9.17, 15) is 19.7 Å². The summed E-state index contributed by atoms with van der Waals surface area (Å²) < 4.78 is 5.49. The third-order valence-corrected chi connectivity index (χ3v) is 6.10. The molecule has 0 saturated heterocycles. The van der Waals surface area contributed by atoms with Crippen LogP contribution in [0.4, 0.5) is 0 Å². The summed E-state index contributed by atoms with van der Waals surface area (Å²) in [7, 11) is -1.23. The molecule has 3 aromatic rings. The fraction of sp³-hybridized carbons (Fsp3) is 0.227. The van der Waals surface area contributed by atoms with Gasteiger partial charge in [0.2, 0.25) is 0 Å². The van der Waals surface area contributed by atoms with Crippen LogP contribution in [0.1, 0.15) is 43.3 Å². The molecular weight excluding hydrogens is 401 g/mol. The second-order valence-corrected chi connectivity index (χ2v) is 8.30. The number of para-hydroxylation sites is 1. The maximum Gasteiger partial charge on any atom is 0.526 e. The van der Waals surface area contributed by atoms with E-state index < -0.39 is 18.9 Å². The predicted molar refractivity (Wildman–Crippen MR) is 114 cm³/mol. The van der Waals surface area contributed by atoms with E-state index in [0.717, 1.165) is 23.4 Å². The van der Waals surface area contributed by atoms with Gasteiger partial charge in [-0.2, -0.15) is 0 Å². The summed E-state index contributed by atoms with van der Waals surface area (Å²) in [6.07, 6.45) is 3.92. The molecule has 152 valence electrons. The van der Waals surface area contributed by atoms with Crippen molar-refractivity contribution in [3.8, 4) is 5.75 Å². The van der Waals surface area contributed by atoms with Crippen molar-refractivity contribution in [3.05, 3.63) is 81.3 Å². The first-order valence-corrected chi connectivity index (χ1v) is 10.6. The summed E-state index contributed by atoms with van der Waals surface area (Å²) in [6, 6.07) is 12.4. The van der Waals surface area contributed by atoms with E-state index in [2.05, 4.69) is 4.98 Å². The summed E-state index contributed by atoms with van der Waals surface area (Å²) in [5.74, 6) is -1.43.